The van der Waals surface area contributed by atoms with E-state index in [-0.39, 0.29) is 35.6 Å². The fourth-order valence-corrected chi connectivity index (χ4v) is 2.42. The van der Waals surface area contributed by atoms with E-state index >= 15 is 0 Å². The Morgan fingerprint density at radius 3 is 0.784 bits per heavy atom. The monoisotopic (exact) mass is 637 g/mol. The third-order valence-electron chi connectivity index (χ3n) is 3.96. The largest absolute Gasteiger partial charge is 3.00 e. The number of nitrogens with zero attached hydrogens (tertiary/aromatic N) is 3. The number of rotatable bonds is 6. The van der Waals surface area contributed by atoms with E-state index in [1.165, 1.54) is 36.4 Å². The SMILES string of the molecule is O=C([O-])c1ccccc1[N+](=O)[O-].O=C([O-])c1ccccc1[N+](=O)[O-].O=C([O-])c1ccccc1[N+](=O)[O-].[La+3]. The van der Waals surface area contributed by atoms with Gasteiger partial charge in [0.15, 0.2) is 0 Å². The smallest absolute Gasteiger partial charge is 0.545 e. The molecule has 0 aliphatic carbocycles. The number of hydrogen-bond acceptors (Lipinski definition) is 12. The second kappa shape index (κ2) is 15.5. The van der Waals surface area contributed by atoms with Crippen molar-refractivity contribution in [2.45, 2.75) is 0 Å². The summed E-state index contributed by atoms with van der Waals surface area (Å²) in [5.74, 6) is -4.62. The van der Waals surface area contributed by atoms with Crippen molar-refractivity contribution in [2.24, 2.45) is 0 Å². The molecule has 0 saturated heterocycles. The van der Waals surface area contributed by atoms with Crippen molar-refractivity contribution < 1.29 is 80.1 Å². The van der Waals surface area contributed by atoms with Gasteiger partial charge in [-0.15, -0.1) is 0 Å². The quantitative estimate of drug-likeness (QED) is 0.253. The molecule has 0 aliphatic heterocycles. The van der Waals surface area contributed by atoms with Crippen LogP contribution in [0.3, 0.4) is 0 Å². The zero-order valence-electron chi connectivity index (χ0n) is 18.2. The maximum absolute atomic E-state index is 10.3. The summed E-state index contributed by atoms with van der Waals surface area (Å²) in [5.41, 5.74) is -2.54. The fraction of sp³-hybridized carbons (Fsp3) is 0. The first kappa shape index (κ1) is 32.5. The number of benzene rings is 3. The van der Waals surface area contributed by atoms with Crippen LogP contribution >= 0.6 is 0 Å². The normalized spacial score (nSPS) is 9.08. The zero-order chi connectivity index (χ0) is 27.4. The van der Waals surface area contributed by atoms with Gasteiger partial charge in [0.05, 0.1) is 49.4 Å². The van der Waals surface area contributed by atoms with E-state index in [4.69, 9.17) is 0 Å². The molecule has 0 amide bonds. The Morgan fingerprint density at radius 1 is 0.459 bits per heavy atom. The van der Waals surface area contributed by atoms with Crippen LogP contribution in [0.5, 0.6) is 0 Å². The third kappa shape index (κ3) is 9.92. The molecule has 0 saturated carbocycles. The molecule has 0 radical (unpaired) electrons. The average Bonchev–Trinajstić information content (AvgIpc) is 2.84. The Hall–Kier alpha value is -4.54. The number of carbonyl (C=O) groups is 3. The van der Waals surface area contributed by atoms with E-state index in [1.54, 1.807) is 0 Å². The van der Waals surface area contributed by atoms with Crippen molar-refractivity contribution in [3.05, 3.63) is 120 Å². The zero-order valence-corrected chi connectivity index (χ0v) is 21.9. The Kier molecular flexibility index (Phi) is 13.6. The Labute approximate surface area is 234 Å². The minimum absolute atomic E-state index is 0. The molecule has 0 aromatic heterocycles. The molecule has 0 bridgehead atoms. The Morgan fingerprint density at radius 2 is 0.649 bits per heavy atom. The van der Waals surface area contributed by atoms with Gasteiger partial charge in [-0.1, -0.05) is 36.4 Å². The average molecular weight is 637 g/mol. The van der Waals surface area contributed by atoms with E-state index < -0.39 is 66.4 Å². The number of carbonyl (C=O) groups excluding carboxylic acids is 3. The van der Waals surface area contributed by atoms with E-state index in [0.29, 0.717) is 0 Å². The van der Waals surface area contributed by atoms with Crippen molar-refractivity contribution in [1.29, 1.82) is 0 Å². The second-order valence-corrected chi connectivity index (χ2v) is 6.19. The molecule has 3 rings (SSSR count). The van der Waals surface area contributed by atoms with Crippen LogP contribution in [-0.2, 0) is 0 Å². The van der Waals surface area contributed by atoms with Crippen molar-refractivity contribution in [2.75, 3.05) is 0 Å². The summed E-state index contributed by atoms with van der Waals surface area (Å²) >= 11 is 0. The van der Waals surface area contributed by atoms with E-state index in [9.17, 15) is 60.0 Å². The van der Waals surface area contributed by atoms with E-state index in [2.05, 4.69) is 0 Å². The molecule has 0 N–H and O–H groups in total. The minimum atomic E-state index is -1.54. The van der Waals surface area contributed by atoms with Crippen molar-refractivity contribution in [3.8, 4) is 0 Å². The predicted molar refractivity (Wildman–Crippen MR) is 112 cm³/mol. The van der Waals surface area contributed by atoms with Crippen molar-refractivity contribution in [3.63, 3.8) is 0 Å². The van der Waals surface area contributed by atoms with Gasteiger partial charge in [0, 0.05) is 18.2 Å². The van der Waals surface area contributed by atoms with Crippen molar-refractivity contribution >= 4 is 35.0 Å². The molecule has 3 aromatic rings. The van der Waals surface area contributed by atoms with Crippen LogP contribution in [-0.4, -0.2) is 32.7 Å². The van der Waals surface area contributed by atoms with Crippen molar-refractivity contribution in [1.82, 2.24) is 0 Å². The van der Waals surface area contributed by atoms with Crippen LogP contribution in [0.15, 0.2) is 72.8 Å². The van der Waals surface area contributed by atoms with Crippen LogP contribution in [0.4, 0.5) is 17.1 Å². The molecule has 186 valence electrons. The maximum atomic E-state index is 10.3. The Bertz CT molecular complexity index is 1070. The molecule has 0 fully saturated rings. The minimum Gasteiger partial charge on any atom is -0.545 e. The van der Waals surface area contributed by atoms with E-state index in [1.807, 2.05) is 0 Å². The summed E-state index contributed by atoms with van der Waals surface area (Å²) in [6.45, 7) is 0. The van der Waals surface area contributed by atoms with Gasteiger partial charge in [-0.05, 0) is 18.2 Å². The molecular formula is C21H12LaN3O12. The molecule has 37 heavy (non-hydrogen) atoms. The first-order chi connectivity index (χ1) is 16.9. The van der Waals surface area contributed by atoms with Gasteiger partial charge in [-0.25, -0.2) is 0 Å². The molecular weight excluding hydrogens is 625 g/mol. The Balaban J connectivity index is 0.000000518. The van der Waals surface area contributed by atoms with Gasteiger partial charge in [0.1, 0.15) is 0 Å². The molecule has 3 aromatic carbocycles. The predicted octanol–water partition coefficient (Wildman–Crippen LogP) is -0.125. The number of aromatic carboxylic acids is 3. The van der Waals surface area contributed by atoms with Crippen LogP contribution in [0.25, 0.3) is 0 Å². The first-order valence-corrected chi connectivity index (χ1v) is 9.22. The molecule has 0 aliphatic rings. The third-order valence-corrected chi connectivity index (χ3v) is 3.96. The standard InChI is InChI=1S/3C7H5NO4.La/c3*9-7(10)5-3-1-2-4-6(5)8(11)12;/h3*1-4H,(H,9,10);/q;;;+3/p-3. The maximum Gasteiger partial charge on any atom is 3.00 e. The summed E-state index contributed by atoms with van der Waals surface area (Å²) in [6, 6.07) is 15.1. The fourth-order valence-electron chi connectivity index (χ4n) is 2.42. The number of nitro benzene ring substituents is 3. The number of hydrogen-bond donors (Lipinski definition) is 0. The van der Waals surface area contributed by atoms with Crippen LogP contribution < -0.4 is 15.3 Å². The summed E-state index contributed by atoms with van der Waals surface area (Å²) in [6.07, 6.45) is 0. The van der Waals surface area contributed by atoms with Gasteiger partial charge in [-0.2, -0.15) is 0 Å². The van der Waals surface area contributed by atoms with Crippen LogP contribution in [0.2, 0.25) is 0 Å². The molecule has 16 heteroatoms. The second-order valence-electron chi connectivity index (χ2n) is 6.19. The van der Waals surface area contributed by atoms with Crippen LogP contribution in [0, 0.1) is 65.9 Å². The molecule has 0 atom stereocenters. The molecule has 15 nitrogen and oxygen atoms in total. The number of nitro groups is 3. The molecule has 0 heterocycles. The summed E-state index contributed by atoms with van der Waals surface area (Å²) < 4.78 is 0. The summed E-state index contributed by atoms with van der Waals surface area (Å²) in [5, 5.41) is 61.7. The molecule has 0 unspecified atom stereocenters. The van der Waals surface area contributed by atoms with E-state index in [0.717, 1.165) is 36.4 Å². The topological polar surface area (TPSA) is 250 Å². The van der Waals surface area contributed by atoms with Gasteiger partial charge in [0.2, 0.25) is 0 Å². The first-order valence-electron chi connectivity index (χ1n) is 9.22. The number of carboxylic acids is 3. The van der Waals surface area contributed by atoms with Gasteiger partial charge in [-0.3, -0.25) is 30.3 Å². The van der Waals surface area contributed by atoms with Gasteiger partial charge < -0.3 is 29.7 Å². The van der Waals surface area contributed by atoms with Gasteiger partial charge in [0.25, 0.3) is 17.1 Å². The van der Waals surface area contributed by atoms with Crippen LogP contribution in [0.1, 0.15) is 31.1 Å². The number of carboxylic acid groups (broad SMARTS) is 3. The number of para-hydroxylation sites is 3. The summed E-state index contributed by atoms with van der Waals surface area (Å²) in [4.78, 5) is 59.4. The van der Waals surface area contributed by atoms with Gasteiger partial charge >= 0.3 is 35.6 Å². The molecule has 0 spiro atoms. The summed E-state index contributed by atoms with van der Waals surface area (Å²) in [7, 11) is 0.